The van der Waals surface area contributed by atoms with Crippen molar-refractivity contribution in [2.75, 3.05) is 6.54 Å². The van der Waals surface area contributed by atoms with Gasteiger partial charge in [-0.2, -0.15) is 0 Å². The monoisotopic (exact) mass is 332 g/mol. The molecule has 0 radical (unpaired) electrons. The van der Waals surface area contributed by atoms with Crippen LogP contribution < -0.4 is 9.88 Å². The first-order valence-corrected chi connectivity index (χ1v) is 8.83. The maximum atomic E-state index is 3.34. The number of nitrogens with zero attached hydrogens (tertiary/aromatic N) is 2. The third kappa shape index (κ3) is 2.68. The lowest BCUT2D eigenvalue weighted by atomic mass is 10.2. The SMILES string of the molecule is C[n+]1c(-c2ccccc2)n(C#CSC2=CCCN2)c2ccccc21. The highest BCUT2D eigenvalue weighted by Gasteiger charge is 2.23. The Bertz CT molecular complexity index is 975. The minimum Gasteiger partial charge on any atom is -0.379 e. The van der Waals surface area contributed by atoms with E-state index < -0.39 is 0 Å². The predicted octanol–water partition coefficient (Wildman–Crippen LogP) is 3.47. The van der Waals surface area contributed by atoms with Crippen LogP contribution in [0.25, 0.3) is 22.4 Å². The number of hydrogen-bond acceptors (Lipinski definition) is 2. The van der Waals surface area contributed by atoms with E-state index in [0.717, 1.165) is 34.9 Å². The van der Waals surface area contributed by atoms with Gasteiger partial charge in [-0.05, 0) is 42.4 Å². The smallest absolute Gasteiger partial charge is 0.303 e. The van der Waals surface area contributed by atoms with E-state index in [-0.39, 0.29) is 0 Å². The summed E-state index contributed by atoms with van der Waals surface area (Å²) in [5.74, 6) is 1.10. The summed E-state index contributed by atoms with van der Waals surface area (Å²) in [6.07, 6.45) is 3.28. The van der Waals surface area contributed by atoms with Crippen LogP contribution in [0.3, 0.4) is 0 Å². The molecule has 24 heavy (non-hydrogen) atoms. The molecule has 3 nitrogen and oxygen atoms in total. The zero-order chi connectivity index (χ0) is 16.4. The van der Waals surface area contributed by atoms with Crippen LogP contribution in [0.4, 0.5) is 0 Å². The fourth-order valence-electron chi connectivity index (χ4n) is 3.01. The number of benzene rings is 2. The Hall–Kier alpha value is -2.64. The van der Waals surface area contributed by atoms with Crippen molar-refractivity contribution < 1.29 is 4.57 Å². The molecular weight excluding hydrogens is 314 g/mol. The highest BCUT2D eigenvalue weighted by Crippen LogP contribution is 2.22. The first-order valence-electron chi connectivity index (χ1n) is 8.01. The maximum Gasteiger partial charge on any atom is 0.303 e. The van der Waals surface area contributed by atoms with Crippen molar-refractivity contribution in [1.29, 1.82) is 0 Å². The number of thioether (sulfide) groups is 1. The van der Waals surface area contributed by atoms with E-state index in [1.165, 1.54) is 5.52 Å². The molecule has 0 aliphatic carbocycles. The number of imidazole rings is 1. The Morgan fingerprint density at radius 3 is 2.67 bits per heavy atom. The summed E-state index contributed by atoms with van der Waals surface area (Å²) in [5, 5.41) is 7.74. The van der Waals surface area contributed by atoms with Crippen molar-refractivity contribution in [2.45, 2.75) is 6.42 Å². The number of hydrogen-bond donors (Lipinski definition) is 1. The normalized spacial score (nSPS) is 13.3. The average molecular weight is 332 g/mol. The molecule has 1 N–H and O–H groups in total. The van der Waals surface area contributed by atoms with Crippen molar-refractivity contribution in [3.8, 4) is 22.7 Å². The number of para-hydroxylation sites is 2. The van der Waals surface area contributed by atoms with Crippen LogP contribution in [-0.4, -0.2) is 11.1 Å². The number of aryl methyl sites for hydroxylation is 1. The van der Waals surface area contributed by atoms with Crippen LogP contribution in [-0.2, 0) is 7.05 Å². The van der Waals surface area contributed by atoms with Gasteiger partial charge in [-0.1, -0.05) is 36.4 Å². The molecule has 0 fully saturated rings. The van der Waals surface area contributed by atoms with Gasteiger partial charge >= 0.3 is 5.82 Å². The molecule has 1 aliphatic rings. The van der Waals surface area contributed by atoms with Crippen molar-refractivity contribution in [3.05, 3.63) is 65.7 Å². The zero-order valence-electron chi connectivity index (χ0n) is 13.5. The molecule has 0 spiro atoms. The summed E-state index contributed by atoms with van der Waals surface area (Å²) in [6, 6.07) is 22.1. The van der Waals surface area contributed by atoms with Gasteiger partial charge in [-0.15, -0.1) is 4.57 Å². The lowest BCUT2D eigenvalue weighted by Crippen LogP contribution is -2.29. The summed E-state index contributed by atoms with van der Waals surface area (Å²) >= 11 is 1.56. The lowest BCUT2D eigenvalue weighted by Gasteiger charge is -1.97. The fraction of sp³-hybridized carbons (Fsp3) is 0.150. The molecule has 0 saturated carbocycles. The van der Waals surface area contributed by atoms with Gasteiger partial charge in [0.1, 0.15) is 6.04 Å². The number of aromatic nitrogens is 2. The minimum atomic E-state index is 1.01. The van der Waals surface area contributed by atoms with Gasteiger partial charge in [0.25, 0.3) is 0 Å². The molecule has 0 bridgehead atoms. The van der Waals surface area contributed by atoms with Crippen molar-refractivity contribution in [1.82, 2.24) is 9.88 Å². The van der Waals surface area contributed by atoms with E-state index in [9.17, 15) is 0 Å². The van der Waals surface area contributed by atoms with Crippen LogP contribution in [0, 0.1) is 11.3 Å². The molecule has 0 amide bonds. The van der Waals surface area contributed by atoms with E-state index in [4.69, 9.17) is 0 Å². The highest BCUT2D eigenvalue weighted by molar-refractivity contribution is 8.07. The van der Waals surface area contributed by atoms with Gasteiger partial charge in [0.2, 0.25) is 0 Å². The molecule has 0 atom stereocenters. The molecule has 0 unspecified atom stereocenters. The van der Waals surface area contributed by atoms with Crippen LogP contribution in [0.1, 0.15) is 6.42 Å². The Balaban J connectivity index is 1.85. The highest BCUT2D eigenvalue weighted by atomic mass is 32.2. The fourth-order valence-corrected chi connectivity index (χ4v) is 3.63. The lowest BCUT2D eigenvalue weighted by molar-refractivity contribution is -0.633. The third-order valence-corrected chi connectivity index (χ3v) is 4.86. The quantitative estimate of drug-likeness (QED) is 0.573. The van der Waals surface area contributed by atoms with Gasteiger partial charge in [-0.25, -0.2) is 4.57 Å². The van der Waals surface area contributed by atoms with Crippen molar-refractivity contribution in [2.24, 2.45) is 7.05 Å². The Morgan fingerprint density at radius 1 is 1.08 bits per heavy atom. The topological polar surface area (TPSA) is 20.8 Å². The minimum absolute atomic E-state index is 1.01. The van der Waals surface area contributed by atoms with Crippen LogP contribution in [0.15, 0.2) is 65.7 Å². The molecule has 118 valence electrons. The van der Waals surface area contributed by atoms with Gasteiger partial charge < -0.3 is 5.32 Å². The van der Waals surface area contributed by atoms with Crippen molar-refractivity contribution in [3.63, 3.8) is 0 Å². The number of nitrogens with one attached hydrogen (secondary N) is 1. The van der Waals surface area contributed by atoms with E-state index in [1.807, 2.05) is 6.07 Å². The molecule has 2 aromatic carbocycles. The van der Waals surface area contributed by atoms with E-state index >= 15 is 0 Å². The van der Waals surface area contributed by atoms with E-state index in [1.54, 1.807) is 11.8 Å². The summed E-state index contributed by atoms with van der Waals surface area (Å²) in [7, 11) is 2.09. The van der Waals surface area contributed by atoms with E-state index in [0.29, 0.717) is 0 Å². The number of fused-ring (bicyclic) bond motifs is 1. The van der Waals surface area contributed by atoms with Gasteiger partial charge in [0.05, 0.1) is 17.6 Å². The van der Waals surface area contributed by atoms with Crippen molar-refractivity contribution >= 4 is 22.8 Å². The first kappa shape index (κ1) is 14.9. The molecular formula is C20H18N3S+. The maximum absolute atomic E-state index is 3.34. The standard InChI is InChI=1S/C20H18N3S/c1-22-17-10-5-6-11-18(17)23(14-15-24-19-12-7-13-21-19)20(22)16-8-3-2-4-9-16/h2-6,8-12,21H,7,13H2,1H3/q+1. The summed E-state index contributed by atoms with van der Waals surface area (Å²) < 4.78 is 4.30. The van der Waals surface area contributed by atoms with Crippen LogP contribution >= 0.6 is 11.8 Å². The van der Waals surface area contributed by atoms with Crippen LogP contribution in [0.5, 0.6) is 0 Å². The average Bonchev–Trinajstić information content (AvgIpc) is 3.23. The number of rotatable bonds is 2. The molecule has 0 saturated heterocycles. The zero-order valence-corrected chi connectivity index (χ0v) is 14.3. The Kier molecular flexibility index (Phi) is 4.02. The second-order valence-electron chi connectivity index (χ2n) is 5.67. The van der Waals surface area contributed by atoms with Gasteiger partial charge in [0.15, 0.2) is 11.0 Å². The second kappa shape index (κ2) is 6.46. The Morgan fingerprint density at radius 2 is 1.88 bits per heavy atom. The Labute approximate surface area is 146 Å². The largest absolute Gasteiger partial charge is 0.379 e. The summed E-state index contributed by atoms with van der Waals surface area (Å²) in [5.41, 5.74) is 3.46. The molecule has 4 heteroatoms. The van der Waals surface area contributed by atoms with E-state index in [2.05, 4.69) is 87.4 Å². The molecule has 1 aromatic heterocycles. The van der Waals surface area contributed by atoms with Crippen LogP contribution in [0.2, 0.25) is 0 Å². The molecule has 1 aliphatic heterocycles. The summed E-state index contributed by atoms with van der Waals surface area (Å²) in [6.45, 7) is 1.01. The van der Waals surface area contributed by atoms with Gasteiger partial charge in [0, 0.05) is 11.8 Å². The predicted molar refractivity (Wildman–Crippen MR) is 100 cm³/mol. The van der Waals surface area contributed by atoms with Gasteiger partial charge in [-0.3, -0.25) is 0 Å². The first-order chi connectivity index (χ1) is 11.8. The third-order valence-electron chi connectivity index (χ3n) is 4.14. The molecule has 4 rings (SSSR count). The summed E-state index contributed by atoms with van der Waals surface area (Å²) in [4.78, 5) is 0. The molecule has 3 aromatic rings. The molecule has 2 heterocycles. The second-order valence-corrected chi connectivity index (χ2v) is 6.52.